The van der Waals surface area contributed by atoms with Crippen molar-refractivity contribution in [3.63, 3.8) is 0 Å². The molecule has 1 aliphatic carbocycles. The maximum absolute atomic E-state index is 12.2. The highest BCUT2D eigenvalue weighted by Crippen LogP contribution is 2.28. The van der Waals surface area contributed by atoms with Crippen LogP contribution in [0.5, 0.6) is 0 Å². The Kier molecular flexibility index (Phi) is 4.91. The number of hydrogen-bond donors (Lipinski definition) is 0. The Bertz CT molecular complexity index is 319. The molecule has 1 atom stereocenters. The Labute approximate surface area is 121 Å². The standard InChI is InChI=1S/C15H26N2O3/c18-15(13-2-1-3-13)17-8-6-16(7-9-17)5-4-14-12-19-10-11-20-14/h13-14H,1-12H2. The molecule has 1 amide bonds. The minimum absolute atomic E-state index is 0.262. The lowest BCUT2D eigenvalue weighted by atomic mass is 9.84. The molecule has 0 aromatic carbocycles. The Morgan fingerprint density at radius 1 is 1.10 bits per heavy atom. The summed E-state index contributed by atoms with van der Waals surface area (Å²) in [6, 6.07) is 0. The van der Waals surface area contributed by atoms with Gasteiger partial charge in [-0.1, -0.05) is 6.42 Å². The van der Waals surface area contributed by atoms with E-state index in [1.807, 2.05) is 0 Å². The van der Waals surface area contributed by atoms with Crippen LogP contribution in [-0.2, 0) is 14.3 Å². The van der Waals surface area contributed by atoms with E-state index in [-0.39, 0.29) is 6.10 Å². The predicted octanol–water partition coefficient (Wildman–Crippen LogP) is 0.736. The highest BCUT2D eigenvalue weighted by atomic mass is 16.6. The average Bonchev–Trinajstić information content (AvgIpc) is 2.45. The number of ether oxygens (including phenoxy) is 2. The van der Waals surface area contributed by atoms with Crippen molar-refractivity contribution < 1.29 is 14.3 Å². The van der Waals surface area contributed by atoms with Crippen LogP contribution in [0.2, 0.25) is 0 Å². The fourth-order valence-electron chi connectivity index (χ4n) is 3.14. The molecule has 0 N–H and O–H groups in total. The Morgan fingerprint density at radius 3 is 2.50 bits per heavy atom. The van der Waals surface area contributed by atoms with E-state index in [1.165, 1.54) is 6.42 Å². The van der Waals surface area contributed by atoms with Crippen LogP contribution in [-0.4, -0.2) is 74.4 Å². The van der Waals surface area contributed by atoms with Crippen molar-refractivity contribution >= 4 is 5.91 Å². The molecule has 1 unspecified atom stereocenters. The summed E-state index contributed by atoms with van der Waals surface area (Å²) in [5.74, 6) is 0.745. The first-order valence-corrected chi connectivity index (χ1v) is 8.03. The predicted molar refractivity (Wildman–Crippen MR) is 75.5 cm³/mol. The van der Waals surface area contributed by atoms with Gasteiger partial charge >= 0.3 is 0 Å². The van der Waals surface area contributed by atoms with Gasteiger partial charge in [0, 0.05) is 38.6 Å². The van der Waals surface area contributed by atoms with E-state index >= 15 is 0 Å². The largest absolute Gasteiger partial charge is 0.376 e. The molecular weight excluding hydrogens is 256 g/mol. The minimum atomic E-state index is 0.262. The van der Waals surface area contributed by atoms with Gasteiger partial charge in [-0.25, -0.2) is 0 Å². The van der Waals surface area contributed by atoms with E-state index in [9.17, 15) is 4.79 Å². The van der Waals surface area contributed by atoms with E-state index in [0.29, 0.717) is 11.8 Å². The molecule has 0 aromatic rings. The van der Waals surface area contributed by atoms with Crippen LogP contribution >= 0.6 is 0 Å². The van der Waals surface area contributed by atoms with Crippen LogP contribution in [0.15, 0.2) is 0 Å². The number of nitrogens with zero attached hydrogens (tertiary/aromatic N) is 2. The van der Waals surface area contributed by atoms with Gasteiger partial charge in [0.25, 0.3) is 0 Å². The SMILES string of the molecule is O=C(C1CCC1)N1CCN(CCC2COCCO2)CC1. The molecule has 2 heterocycles. The number of rotatable bonds is 4. The van der Waals surface area contributed by atoms with E-state index in [2.05, 4.69) is 9.80 Å². The molecule has 2 aliphatic heterocycles. The third kappa shape index (κ3) is 3.51. The molecular formula is C15H26N2O3. The molecule has 5 heteroatoms. The lowest BCUT2D eigenvalue weighted by molar-refractivity contribution is -0.140. The summed E-state index contributed by atoms with van der Waals surface area (Å²) in [6.07, 6.45) is 4.75. The number of carbonyl (C=O) groups excluding carboxylic acids is 1. The third-order valence-corrected chi connectivity index (χ3v) is 4.79. The molecule has 114 valence electrons. The highest BCUT2D eigenvalue weighted by molar-refractivity contribution is 5.79. The summed E-state index contributed by atoms with van der Waals surface area (Å²) in [4.78, 5) is 16.7. The summed E-state index contributed by atoms with van der Waals surface area (Å²) in [5.41, 5.74) is 0. The second-order valence-electron chi connectivity index (χ2n) is 6.15. The summed E-state index contributed by atoms with van der Waals surface area (Å²) in [7, 11) is 0. The lowest BCUT2D eigenvalue weighted by Gasteiger charge is -2.38. The summed E-state index contributed by atoms with van der Waals surface area (Å²) < 4.78 is 11.1. The topological polar surface area (TPSA) is 42.0 Å². The molecule has 0 bridgehead atoms. The molecule has 3 fully saturated rings. The van der Waals surface area contributed by atoms with E-state index < -0.39 is 0 Å². The van der Waals surface area contributed by atoms with Gasteiger partial charge in [0.1, 0.15) is 0 Å². The number of carbonyl (C=O) groups is 1. The maximum Gasteiger partial charge on any atom is 0.225 e. The normalized spacial score (nSPS) is 29.2. The van der Waals surface area contributed by atoms with E-state index in [0.717, 1.165) is 71.8 Å². The number of hydrogen-bond acceptors (Lipinski definition) is 4. The smallest absolute Gasteiger partial charge is 0.225 e. The van der Waals surface area contributed by atoms with Crippen LogP contribution in [0.4, 0.5) is 0 Å². The van der Waals surface area contributed by atoms with Crippen molar-refractivity contribution in [3.8, 4) is 0 Å². The fourth-order valence-corrected chi connectivity index (χ4v) is 3.14. The molecule has 0 spiro atoms. The van der Waals surface area contributed by atoms with Gasteiger partial charge in [0.05, 0.1) is 25.9 Å². The van der Waals surface area contributed by atoms with Crippen LogP contribution in [0.3, 0.4) is 0 Å². The zero-order valence-electron chi connectivity index (χ0n) is 12.3. The summed E-state index contributed by atoms with van der Waals surface area (Å²) >= 11 is 0. The van der Waals surface area contributed by atoms with Crippen molar-refractivity contribution in [1.82, 2.24) is 9.80 Å². The third-order valence-electron chi connectivity index (χ3n) is 4.79. The molecule has 0 radical (unpaired) electrons. The molecule has 20 heavy (non-hydrogen) atoms. The monoisotopic (exact) mass is 282 g/mol. The molecule has 0 aromatic heterocycles. The van der Waals surface area contributed by atoms with Gasteiger partial charge in [-0.2, -0.15) is 0 Å². The van der Waals surface area contributed by atoms with Gasteiger partial charge < -0.3 is 14.4 Å². The Hall–Kier alpha value is -0.650. The molecule has 2 saturated heterocycles. The van der Waals surface area contributed by atoms with Crippen molar-refractivity contribution in [3.05, 3.63) is 0 Å². The summed E-state index contributed by atoms with van der Waals surface area (Å²) in [5, 5.41) is 0. The van der Waals surface area contributed by atoms with E-state index in [4.69, 9.17) is 9.47 Å². The molecule has 1 saturated carbocycles. The van der Waals surface area contributed by atoms with Crippen molar-refractivity contribution in [2.45, 2.75) is 31.8 Å². The van der Waals surface area contributed by atoms with Gasteiger partial charge in [0.15, 0.2) is 0 Å². The second kappa shape index (κ2) is 6.87. The Morgan fingerprint density at radius 2 is 1.90 bits per heavy atom. The summed E-state index contributed by atoms with van der Waals surface area (Å²) in [6.45, 7) is 7.07. The first kappa shape index (κ1) is 14.3. The molecule has 5 nitrogen and oxygen atoms in total. The zero-order valence-corrected chi connectivity index (χ0v) is 12.3. The zero-order chi connectivity index (χ0) is 13.8. The highest BCUT2D eigenvalue weighted by Gasteiger charge is 2.31. The van der Waals surface area contributed by atoms with Crippen LogP contribution in [0, 0.1) is 5.92 Å². The Balaban J connectivity index is 1.34. The van der Waals surface area contributed by atoms with Crippen LogP contribution in [0.25, 0.3) is 0 Å². The molecule has 3 aliphatic rings. The average molecular weight is 282 g/mol. The maximum atomic E-state index is 12.2. The van der Waals surface area contributed by atoms with Crippen molar-refractivity contribution in [2.24, 2.45) is 5.92 Å². The van der Waals surface area contributed by atoms with Gasteiger partial charge in [0.2, 0.25) is 5.91 Å². The van der Waals surface area contributed by atoms with Gasteiger partial charge in [-0.15, -0.1) is 0 Å². The van der Waals surface area contributed by atoms with Crippen molar-refractivity contribution in [1.29, 1.82) is 0 Å². The minimum Gasteiger partial charge on any atom is -0.376 e. The van der Waals surface area contributed by atoms with Crippen molar-refractivity contribution in [2.75, 3.05) is 52.5 Å². The lowest BCUT2D eigenvalue weighted by Crippen LogP contribution is -2.51. The van der Waals surface area contributed by atoms with Crippen LogP contribution in [0.1, 0.15) is 25.7 Å². The van der Waals surface area contributed by atoms with Gasteiger partial charge in [-0.05, 0) is 19.3 Å². The first-order chi connectivity index (χ1) is 9.83. The number of piperazine rings is 1. The quantitative estimate of drug-likeness (QED) is 0.762. The fraction of sp³-hybridized carbons (Fsp3) is 0.933. The molecule has 3 rings (SSSR count). The second-order valence-corrected chi connectivity index (χ2v) is 6.15. The van der Waals surface area contributed by atoms with Gasteiger partial charge in [-0.3, -0.25) is 9.69 Å². The van der Waals surface area contributed by atoms with E-state index in [1.54, 1.807) is 0 Å². The number of amides is 1. The first-order valence-electron chi connectivity index (χ1n) is 8.03. The van der Waals surface area contributed by atoms with Crippen LogP contribution < -0.4 is 0 Å².